The normalized spacial score (nSPS) is 11.0. The van der Waals surface area contributed by atoms with Crippen molar-refractivity contribution in [1.82, 2.24) is 0 Å². The first-order valence-electron chi connectivity index (χ1n) is 9.08. The summed E-state index contributed by atoms with van der Waals surface area (Å²) in [6.07, 6.45) is 0. The van der Waals surface area contributed by atoms with Crippen molar-refractivity contribution >= 4 is 27.3 Å². The topological polar surface area (TPSA) is 75.7 Å². The van der Waals surface area contributed by atoms with Crippen LogP contribution in [0.1, 0.15) is 5.56 Å². The quantitative estimate of drug-likeness (QED) is 0.618. The molecule has 0 aliphatic carbocycles. The molecule has 0 aromatic heterocycles. The number of nitrogens with one attached hydrogen (secondary N) is 1. The van der Waals surface area contributed by atoms with Crippen molar-refractivity contribution in [3.05, 3.63) is 84.2 Å². The number of methoxy groups -OCH3 is 1. The fraction of sp³-hybridized carbons (Fsp3) is 0.136. The molecule has 0 unspecified atom stereocenters. The molecule has 3 aromatic rings. The van der Waals surface area contributed by atoms with E-state index in [1.165, 1.54) is 31.4 Å². The Morgan fingerprint density at radius 2 is 1.70 bits per heavy atom. The van der Waals surface area contributed by atoms with E-state index in [9.17, 15) is 17.6 Å². The van der Waals surface area contributed by atoms with Gasteiger partial charge in [-0.3, -0.25) is 9.10 Å². The summed E-state index contributed by atoms with van der Waals surface area (Å²) in [6, 6.07) is 17.9. The van der Waals surface area contributed by atoms with Gasteiger partial charge in [0.2, 0.25) is 5.91 Å². The van der Waals surface area contributed by atoms with Gasteiger partial charge < -0.3 is 10.1 Å². The average Bonchev–Trinajstić information content (AvgIpc) is 2.73. The summed E-state index contributed by atoms with van der Waals surface area (Å²) < 4.78 is 46.0. The van der Waals surface area contributed by atoms with Crippen LogP contribution in [0.2, 0.25) is 0 Å². The van der Waals surface area contributed by atoms with Crippen LogP contribution in [0.5, 0.6) is 5.75 Å². The third-order valence-corrected chi connectivity index (χ3v) is 6.15. The zero-order valence-electron chi connectivity index (χ0n) is 16.5. The zero-order valence-corrected chi connectivity index (χ0v) is 17.3. The number of amides is 1. The highest BCUT2D eigenvalue weighted by molar-refractivity contribution is 7.92. The first kappa shape index (κ1) is 21.3. The number of hydrogen-bond acceptors (Lipinski definition) is 4. The van der Waals surface area contributed by atoms with Crippen LogP contribution in [0.15, 0.2) is 77.7 Å². The van der Waals surface area contributed by atoms with Crippen molar-refractivity contribution in [1.29, 1.82) is 0 Å². The summed E-state index contributed by atoms with van der Waals surface area (Å²) in [5, 5.41) is 2.66. The van der Waals surface area contributed by atoms with Crippen LogP contribution in [-0.2, 0) is 14.8 Å². The van der Waals surface area contributed by atoms with Gasteiger partial charge in [0.25, 0.3) is 10.0 Å². The second kappa shape index (κ2) is 8.96. The second-order valence-electron chi connectivity index (χ2n) is 6.58. The van der Waals surface area contributed by atoms with Gasteiger partial charge in [-0.25, -0.2) is 12.8 Å². The molecule has 0 fully saturated rings. The number of halogens is 1. The minimum absolute atomic E-state index is 0.0339. The molecule has 0 saturated heterocycles. The Kier molecular flexibility index (Phi) is 6.37. The molecule has 156 valence electrons. The number of benzene rings is 3. The number of hydrogen-bond donors (Lipinski definition) is 1. The van der Waals surface area contributed by atoms with Crippen LogP contribution in [0.3, 0.4) is 0 Å². The monoisotopic (exact) mass is 428 g/mol. The molecule has 0 atom stereocenters. The molecule has 1 N–H and O–H groups in total. The smallest absolute Gasteiger partial charge is 0.264 e. The predicted molar refractivity (Wildman–Crippen MR) is 114 cm³/mol. The van der Waals surface area contributed by atoms with Crippen molar-refractivity contribution in [3.8, 4) is 5.75 Å². The molecule has 0 spiro atoms. The summed E-state index contributed by atoms with van der Waals surface area (Å²) in [6.45, 7) is 1.36. The SMILES string of the molecule is COc1cccc(NC(=O)CN(c2ccc(F)cc2)S(=O)(=O)c2ccc(C)cc2)c1. The standard InChI is InChI=1S/C22H21FN2O4S/c1-16-6-12-21(13-7-16)30(27,28)25(19-10-8-17(23)9-11-19)15-22(26)24-18-4-3-5-20(14-18)29-2/h3-14H,15H2,1-2H3,(H,24,26). The highest BCUT2D eigenvalue weighted by Crippen LogP contribution is 2.25. The van der Waals surface area contributed by atoms with Gasteiger partial charge in [0.15, 0.2) is 0 Å². The van der Waals surface area contributed by atoms with E-state index in [0.717, 1.165) is 22.0 Å². The molecule has 0 aliphatic heterocycles. The Morgan fingerprint density at radius 1 is 1.03 bits per heavy atom. The average molecular weight is 428 g/mol. The number of nitrogens with zero attached hydrogens (tertiary/aromatic N) is 1. The van der Waals surface area contributed by atoms with Crippen molar-refractivity contribution in [2.24, 2.45) is 0 Å². The van der Waals surface area contributed by atoms with E-state index >= 15 is 0 Å². The van der Waals surface area contributed by atoms with Gasteiger partial charge in [-0.15, -0.1) is 0 Å². The zero-order chi connectivity index (χ0) is 21.7. The van der Waals surface area contributed by atoms with E-state index in [2.05, 4.69) is 5.32 Å². The maximum atomic E-state index is 13.4. The fourth-order valence-electron chi connectivity index (χ4n) is 2.79. The molecule has 30 heavy (non-hydrogen) atoms. The summed E-state index contributed by atoms with van der Waals surface area (Å²) in [4.78, 5) is 12.7. The van der Waals surface area contributed by atoms with Crippen LogP contribution in [0.25, 0.3) is 0 Å². The van der Waals surface area contributed by atoms with Gasteiger partial charge >= 0.3 is 0 Å². The molecule has 0 heterocycles. The summed E-state index contributed by atoms with van der Waals surface area (Å²) in [5.74, 6) is -0.508. The molecule has 3 rings (SSSR count). The lowest BCUT2D eigenvalue weighted by Gasteiger charge is -2.24. The van der Waals surface area contributed by atoms with E-state index < -0.39 is 28.3 Å². The van der Waals surface area contributed by atoms with Gasteiger partial charge in [-0.05, 0) is 55.5 Å². The van der Waals surface area contributed by atoms with E-state index in [1.54, 1.807) is 36.4 Å². The minimum Gasteiger partial charge on any atom is -0.497 e. The van der Waals surface area contributed by atoms with Crippen molar-refractivity contribution in [2.75, 3.05) is 23.3 Å². The Bertz CT molecular complexity index is 1130. The molecular formula is C22H21FN2O4S. The lowest BCUT2D eigenvalue weighted by molar-refractivity contribution is -0.114. The number of carbonyl (C=O) groups is 1. The van der Waals surface area contributed by atoms with Gasteiger partial charge in [0.05, 0.1) is 17.7 Å². The Hall–Kier alpha value is -3.39. The third kappa shape index (κ3) is 4.96. The first-order chi connectivity index (χ1) is 14.3. The number of sulfonamides is 1. The number of rotatable bonds is 7. The number of anilines is 2. The molecular weight excluding hydrogens is 407 g/mol. The van der Waals surface area contributed by atoms with Gasteiger partial charge in [0, 0.05) is 11.8 Å². The molecule has 0 aliphatic rings. The van der Waals surface area contributed by atoms with Crippen LogP contribution in [0, 0.1) is 12.7 Å². The second-order valence-corrected chi connectivity index (χ2v) is 8.44. The van der Waals surface area contributed by atoms with E-state index in [4.69, 9.17) is 4.74 Å². The highest BCUT2D eigenvalue weighted by atomic mass is 32.2. The molecule has 3 aromatic carbocycles. The molecule has 0 radical (unpaired) electrons. The lowest BCUT2D eigenvalue weighted by Crippen LogP contribution is -2.38. The van der Waals surface area contributed by atoms with Crippen LogP contribution in [-0.4, -0.2) is 28.0 Å². The predicted octanol–water partition coefficient (Wildman–Crippen LogP) is 3.98. The molecule has 1 amide bonds. The molecule has 0 saturated carbocycles. The van der Waals surface area contributed by atoms with E-state index in [1.807, 2.05) is 6.92 Å². The number of ether oxygens (including phenoxy) is 1. The van der Waals surface area contributed by atoms with E-state index in [-0.39, 0.29) is 10.6 Å². The Morgan fingerprint density at radius 3 is 2.33 bits per heavy atom. The fourth-order valence-corrected chi connectivity index (χ4v) is 4.21. The highest BCUT2D eigenvalue weighted by Gasteiger charge is 2.27. The largest absolute Gasteiger partial charge is 0.497 e. The Balaban J connectivity index is 1.92. The maximum Gasteiger partial charge on any atom is 0.264 e. The number of aryl methyl sites for hydroxylation is 1. The molecule has 8 heteroatoms. The minimum atomic E-state index is -4.06. The Labute approximate surface area is 175 Å². The van der Waals surface area contributed by atoms with Crippen LogP contribution < -0.4 is 14.4 Å². The lowest BCUT2D eigenvalue weighted by atomic mass is 10.2. The van der Waals surface area contributed by atoms with Crippen molar-refractivity contribution in [2.45, 2.75) is 11.8 Å². The molecule has 0 bridgehead atoms. The van der Waals surface area contributed by atoms with Gasteiger partial charge in [-0.2, -0.15) is 0 Å². The first-order valence-corrected chi connectivity index (χ1v) is 10.5. The summed E-state index contributed by atoms with van der Waals surface area (Å²) >= 11 is 0. The number of carbonyl (C=O) groups excluding carboxylic acids is 1. The van der Waals surface area contributed by atoms with Crippen LogP contribution >= 0.6 is 0 Å². The molecule has 6 nitrogen and oxygen atoms in total. The summed E-state index contributed by atoms with van der Waals surface area (Å²) in [7, 11) is -2.55. The van der Waals surface area contributed by atoms with Gasteiger partial charge in [0.1, 0.15) is 18.1 Å². The van der Waals surface area contributed by atoms with Crippen molar-refractivity contribution in [3.63, 3.8) is 0 Å². The maximum absolute atomic E-state index is 13.4. The van der Waals surface area contributed by atoms with Crippen molar-refractivity contribution < 1.29 is 22.3 Å². The summed E-state index contributed by atoms with van der Waals surface area (Å²) in [5.41, 5.74) is 1.54. The van der Waals surface area contributed by atoms with Gasteiger partial charge in [-0.1, -0.05) is 23.8 Å². The third-order valence-electron chi connectivity index (χ3n) is 4.36. The van der Waals surface area contributed by atoms with E-state index in [0.29, 0.717) is 11.4 Å². The van der Waals surface area contributed by atoms with Crippen LogP contribution in [0.4, 0.5) is 15.8 Å².